The van der Waals surface area contributed by atoms with Crippen LogP contribution in [-0.4, -0.2) is 51.1 Å². The fraction of sp³-hybridized carbons (Fsp3) is 0.412. The standard InChI is InChI=1S/C17H26N4O2/c1-13(2)10-18-17(20-12-16(22)21(3)4)19-11-14-7-6-8-15(9-14)23-5/h6-9H,1,10-12H2,2-5H3,(H2,18,19,20). The second-order valence-corrected chi connectivity index (χ2v) is 5.47. The number of hydrogen-bond acceptors (Lipinski definition) is 3. The summed E-state index contributed by atoms with van der Waals surface area (Å²) in [5, 5.41) is 6.18. The number of amides is 1. The van der Waals surface area contributed by atoms with Crippen LogP contribution >= 0.6 is 0 Å². The largest absolute Gasteiger partial charge is 0.497 e. The summed E-state index contributed by atoms with van der Waals surface area (Å²) >= 11 is 0. The summed E-state index contributed by atoms with van der Waals surface area (Å²) in [6.45, 7) is 7.05. The molecule has 0 fully saturated rings. The fourth-order valence-corrected chi connectivity index (χ4v) is 1.67. The molecule has 1 aromatic rings. The maximum Gasteiger partial charge on any atom is 0.241 e. The zero-order valence-corrected chi connectivity index (χ0v) is 14.3. The van der Waals surface area contributed by atoms with Crippen molar-refractivity contribution in [3.63, 3.8) is 0 Å². The molecule has 0 saturated heterocycles. The highest BCUT2D eigenvalue weighted by Crippen LogP contribution is 2.13. The lowest BCUT2D eigenvalue weighted by Gasteiger charge is -2.15. The van der Waals surface area contributed by atoms with E-state index in [0.29, 0.717) is 19.0 Å². The highest BCUT2D eigenvalue weighted by atomic mass is 16.5. The first-order valence-electron chi connectivity index (χ1n) is 7.42. The quantitative estimate of drug-likeness (QED) is 0.453. The summed E-state index contributed by atoms with van der Waals surface area (Å²) in [5.74, 6) is 1.35. The first-order valence-corrected chi connectivity index (χ1v) is 7.42. The lowest BCUT2D eigenvalue weighted by atomic mass is 10.2. The van der Waals surface area contributed by atoms with Gasteiger partial charge in [0.05, 0.1) is 20.2 Å². The molecule has 1 rings (SSSR count). The molecule has 0 spiro atoms. The van der Waals surface area contributed by atoms with Crippen molar-refractivity contribution in [1.82, 2.24) is 15.5 Å². The fourth-order valence-electron chi connectivity index (χ4n) is 1.67. The average Bonchev–Trinajstić information content (AvgIpc) is 2.53. The number of methoxy groups -OCH3 is 1. The molecule has 0 radical (unpaired) electrons. The van der Waals surface area contributed by atoms with E-state index < -0.39 is 0 Å². The summed E-state index contributed by atoms with van der Waals surface area (Å²) < 4.78 is 5.20. The van der Waals surface area contributed by atoms with Gasteiger partial charge in [0, 0.05) is 20.6 Å². The Morgan fingerprint density at radius 2 is 2.00 bits per heavy atom. The third-order valence-electron chi connectivity index (χ3n) is 3.02. The van der Waals surface area contributed by atoms with E-state index in [2.05, 4.69) is 22.2 Å². The number of carbonyl (C=O) groups is 1. The minimum absolute atomic E-state index is 0.0174. The Balaban J connectivity index is 2.72. The Hall–Kier alpha value is -2.50. The van der Waals surface area contributed by atoms with Crippen molar-refractivity contribution in [2.45, 2.75) is 13.5 Å². The van der Waals surface area contributed by atoms with Gasteiger partial charge in [-0.15, -0.1) is 0 Å². The first kappa shape index (κ1) is 18.5. The molecular weight excluding hydrogens is 292 g/mol. The van der Waals surface area contributed by atoms with Crippen LogP contribution in [0.15, 0.2) is 41.4 Å². The number of ether oxygens (including phenoxy) is 1. The Morgan fingerprint density at radius 1 is 1.30 bits per heavy atom. The van der Waals surface area contributed by atoms with Crippen molar-refractivity contribution >= 4 is 11.9 Å². The molecule has 1 amide bonds. The molecule has 6 nitrogen and oxygen atoms in total. The number of nitrogens with zero attached hydrogens (tertiary/aromatic N) is 2. The van der Waals surface area contributed by atoms with E-state index in [1.54, 1.807) is 21.2 Å². The smallest absolute Gasteiger partial charge is 0.241 e. The van der Waals surface area contributed by atoms with Crippen molar-refractivity contribution in [3.05, 3.63) is 42.0 Å². The van der Waals surface area contributed by atoms with Gasteiger partial charge in [-0.1, -0.05) is 24.3 Å². The molecule has 6 heteroatoms. The molecule has 0 unspecified atom stereocenters. The first-order chi connectivity index (χ1) is 10.9. The second-order valence-electron chi connectivity index (χ2n) is 5.47. The zero-order chi connectivity index (χ0) is 17.2. The Morgan fingerprint density at radius 3 is 2.61 bits per heavy atom. The van der Waals surface area contributed by atoms with Crippen LogP contribution in [0.3, 0.4) is 0 Å². The van der Waals surface area contributed by atoms with Gasteiger partial charge in [0.1, 0.15) is 5.75 Å². The molecule has 126 valence electrons. The van der Waals surface area contributed by atoms with Gasteiger partial charge in [-0.2, -0.15) is 0 Å². The van der Waals surface area contributed by atoms with E-state index in [1.165, 1.54) is 4.90 Å². The van der Waals surface area contributed by atoms with Gasteiger partial charge >= 0.3 is 0 Å². The van der Waals surface area contributed by atoms with Gasteiger partial charge in [0.25, 0.3) is 0 Å². The maximum atomic E-state index is 11.7. The van der Waals surface area contributed by atoms with Gasteiger partial charge < -0.3 is 20.3 Å². The maximum absolute atomic E-state index is 11.7. The molecule has 0 saturated carbocycles. The number of nitrogens with one attached hydrogen (secondary N) is 2. The van der Waals surface area contributed by atoms with E-state index in [1.807, 2.05) is 31.2 Å². The van der Waals surface area contributed by atoms with E-state index in [4.69, 9.17) is 4.74 Å². The Kier molecular flexibility index (Phi) is 7.66. The SMILES string of the molecule is C=C(C)CNC(=NCc1cccc(OC)c1)NCC(=O)N(C)C. The van der Waals surface area contributed by atoms with Gasteiger partial charge in [-0.3, -0.25) is 4.79 Å². The Labute approximate surface area is 138 Å². The van der Waals surface area contributed by atoms with Gasteiger partial charge in [0.15, 0.2) is 5.96 Å². The van der Waals surface area contributed by atoms with Crippen LogP contribution in [0, 0.1) is 0 Å². The normalized spacial score (nSPS) is 10.9. The summed E-state index contributed by atoms with van der Waals surface area (Å²) in [7, 11) is 5.08. The molecule has 1 aromatic carbocycles. The van der Waals surface area contributed by atoms with Crippen molar-refractivity contribution in [1.29, 1.82) is 0 Å². The van der Waals surface area contributed by atoms with Crippen molar-refractivity contribution < 1.29 is 9.53 Å². The van der Waals surface area contributed by atoms with E-state index in [-0.39, 0.29) is 12.5 Å². The van der Waals surface area contributed by atoms with Crippen LogP contribution in [0.2, 0.25) is 0 Å². The van der Waals surface area contributed by atoms with Crippen LogP contribution in [-0.2, 0) is 11.3 Å². The highest BCUT2D eigenvalue weighted by molar-refractivity contribution is 5.86. The number of benzene rings is 1. The number of guanidine groups is 1. The summed E-state index contributed by atoms with van der Waals surface area (Å²) in [6.07, 6.45) is 0. The van der Waals surface area contributed by atoms with Crippen LogP contribution in [0.5, 0.6) is 5.75 Å². The van der Waals surface area contributed by atoms with Crippen molar-refractivity contribution in [2.24, 2.45) is 4.99 Å². The number of hydrogen-bond donors (Lipinski definition) is 2. The van der Waals surface area contributed by atoms with Crippen LogP contribution in [0.1, 0.15) is 12.5 Å². The molecular formula is C17H26N4O2. The van der Waals surface area contributed by atoms with Crippen molar-refractivity contribution in [3.8, 4) is 5.75 Å². The molecule has 0 aliphatic carbocycles. The molecule has 0 aliphatic rings. The second kappa shape index (κ2) is 9.50. The predicted octanol–water partition coefficient (Wildman–Crippen LogP) is 1.39. The van der Waals surface area contributed by atoms with Crippen LogP contribution in [0.25, 0.3) is 0 Å². The number of likely N-dealkylation sites (N-methyl/N-ethyl adjacent to an activating group) is 1. The summed E-state index contributed by atoms with van der Waals surface area (Å²) in [6, 6.07) is 7.73. The van der Waals surface area contributed by atoms with E-state index in [0.717, 1.165) is 16.9 Å². The monoisotopic (exact) mass is 318 g/mol. The minimum atomic E-state index is -0.0174. The molecule has 0 aliphatic heterocycles. The topological polar surface area (TPSA) is 66.0 Å². The molecule has 0 bridgehead atoms. The summed E-state index contributed by atoms with van der Waals surface area (Å²) in [4.78, 5) is 17.7. The lowest BCUT2D eigenvalue weighted by Crippen LogP contribution is -2.43. The third-order valence-corrected chi connectivity index (χ3v) is 3.02. The molecule has 2 N–H and O–H groups in total. The number of aliphatic imine (C=N–C) groups is 1. The highest BCUT2D eigenvalue weighted by Gasteiger charge is 2.06. The van der Waals surface area contributed by atoms with Gasteiger partial charge in [0.2, 0.25) is 5.91 Å². The van der Waals surface area contributed by atoms with E-state index in [9.17, 15) is 4.79 Å². The minimum Gasteiger partial charge on any atom is -0.497 e. The number of rotatable bonds is 7. The molecule has 0 atom stereocenters. The lowest BCUT2D eigenvalue weighted by molar-refractivity contribution is -0.127. The van der Waals surface area contributed by atoms with Crippen molar-refractivity contribution in [2.75, 3.05) is 34.3 Å². The van der Waals surface area contributed by atoms with Crippen LogP contribution in [0.4, 0.5) is 0 Å². The van der Waals surface area contributed by atoms with Gasteiger partial charge in [-0.05, 0) is 24.6 Å². The van der Waals surface area contributed by atoms with E-state index >= 15 is 0 Å². The molecule has 23 heavy (non-hydrogen) atoms. The molecule has 0 aromatic heterocycles. The number of carbonyl (C=O) groups excluding carboxylic acids is 1. The summed E-state index contributed by atoms with van der Waals surface area (Å²) in [5.41, 5.74) is 2.01. The predicted molar refractivity (Wildman–Crippen MR) is 93.6 cm³/mol. The van der Waals surface area contributed by atoms with Gasteiger partial charge in [-0.25, -0.2) is 4.99 Å². The Bertz CT molecular complexity index is 567. The zero-order valence-electron chi connectivity index (χ0n) is 14.3. The average molecular weight is 318 g/mol. The molecule has 0 heterocycles. The van der Waals surface area contributed by atoms with Crippen LogP contribution < -0.4 is 15.4 Å². The third kappa shape index (κ3) is 7.35.